The first-order valence-electron chi connectivity index (χ1n) is 9.98. The minimum Gasteiger partial charge on any atom is -0.481 e. The van der Waals surface area contributed by atoms with Crippen molar-refractivity contribution >= 4 is 23.3 Å². The number of aromatic amines is 1. The Morgan fingerprint density at radius 1 is 1.18 bits per heavy atom. The molecule has 2 aromatic carbocycles. The van der Waals surface area contributed by atoms with E-state index in [0.717, 1.165) is 9.13 Å². The van der Waals surface area contributed by atoms with Gasteiger partial charge < -0.3 is 9.84 Å². The molecule has 0 aliphatic rings. The Morgan fingerprint density at radius 3 is 2.47 bits per heavy atom. The SMILES string of the molecule is CC(C)(Cn1c(=O)[nH]/c(=N\c2cccc(OC(F)F)c2)n(Cc2ccc(Cl)cc2)c1=O)C(=O)O. The van der Waals surface area contributed by atoms with Crippen LogP contribution in [0, 0.1) is 5.41 Å². The molecule has 1 aromatic heterocycles. The molecule has 0 radical (unpaired) electrons. The van der Waals surface area contributed by atoms with Crippen LogP contribution in [0.25, 0.3) is 0 Å². The van der Waals surface area contributed by atoms with Gasteiger partial charge in [0.05, 0.1) is 17.6 Å². The van der Waals surface area contributed by atoms with Gasteiger partial charge in [-0.05, 0) is 43.7 Å². The lowest BCUT2D eigenvalue weighted by Crippen LogP contribution is -2.52. The number of hydrogen-bond donors (Lipinski definition) is 2. The van der Waals surface area contributed by atoms with E-state index in [1.54, 1.807) is 24.3 Å². The summed E-state index contributed by atoms with van der Waals surface area (Å²) in [6.45, 7) is -0.692. The van der Waals surface area contributed by atoms with Crippen molar-refractivity contribution in [1.82, 2.24) is 14.1 Å². The average Bonchev–Trinajstić information content (AvgIpc) is 2.75. The molecule has 0 bridgehead atoms. The van der Waals surface area contributed by atoms with Crippen LogP contribution in [0.5, 0.6) is 5.75 Å². The molecule has 3 rings (SSSR count). The molecule has 3 aromatic rings. The number of carboxylic acids is 1. The Hall–Kier alpha value is -3.73. The van der Waals surface area contributed by atoms with Crippen molar-refractivity contribution in [3.63, 3.8) is 0 Å². The van der Waals surface area contributed by atoms with Crippen molar-refractivity contribution in [3.05, 3.63) is 85.7 Å². The maximum Gasteiger partial charge on any atom is 0.387 e. The highest BCUT2D eigenvalue weighted by Gasteiger charge is 2.29. The molecule has 2 N–H and O–H groups in total. The molecule has 0 amide bonds. The van der Waals surface area contributed by atoms with Gasteiger partial charge in [-0.1, -0.05) is 29.8 Å². The predicted molar refractivity (Wildman–Crippen MR) is 120 cm³/mol. The van der Waals surface area contributed by atoms with Crippen molar-refractivity contribution in [2.45, 2.75) is 33.5 Å². The molecular formula is C22H21ClF2N4O5. The van der Waals surface area contributed by atoms with E-state index in [9.17, 15) is 28.3 Å². The molecule has 0 saturated carbocycles. The molecule has 0 saturated heterocycles. The molecule has 0 unspecified atom stereocenters. The van der Waals surface area contributed by atoms with Crippen LogP contribution in [0.1, 0.15) is 19.4 Å². The number of rotatable bonds is 8. The van der Waals surface area contributed by atoms with Gasteiger partial charge in [-0.3, -0.25) is 14.3 Å². The molecule has 9 nitrogen and oxygen atoms in total. The Balaban J connectivity index is 2.19. The fraction of sp³-hybridized carbons (Fsp3) is 0.273. The van der Waals surface area contributed by atoms with Crippen LogP contribution in [0.4, 0.5) is 14.5 Å². The summed E-state index contributed by atoms with van der Waals surface area (Å²) in [5.41, 5.74) is -2.45. The van der Waals surface area contributed by atoms with Crippen LogP contribution in [0.15, 0.2) is 63.1 Å². The summed E-state index contributed by atoms with van der Waals surface area (Å²) in [7, 11) is 0. The van der Waals surface area contributed by atoms with E-state index in [-0.39, 0.29) is 23.6 Å². The molecule has 0 aliphatic carbocycles. The second-order valence-corrected chi connectivity index (χ2v) is 8.45. The Morgan fingerprint density at radius 2 is 1.85 bits per heavy atom. The highest BCUT2D eigenvalue weighted by molar-refractivity contribution is 6.30. The van der Waals surface area contributed by atoms with Crippen molar-refractivity contribution < 1.29 is 23.4 Å². The zero-order valence-corrected chi connectivity index (χ0v) is 18.9. The number of aliphatic carboxylic acids is 1. The van der Waals surface area contributed by atoms with Gasteiger partial charge in [-0.15, -0.1) is 0 Å². The number of nitrogens with zero attached hydrogens (tertiary/aromatic N) is 3. The van der Waals surface area contributed by atoms with Crippen molar-refractivity contribution in [2.24, 2.45) is 10.4 Å². The van der Waals surface area contributed by atoms with E-state index in [1.165, 1.54) is 38.1 Å². The van der Waals surface area contributed by atoms with E-state index < -0.39 is 35.9 Å². The number of benzene rings is 2. The van der Waals surface area contributed by atoms with Gasteiger partial charge in [0.1, 0.15) is 5.75 Å². The first kappa shape index (κ1) is 24.9. The number of carbonyl (C=O) groups is 1. The molecular weight excluding hydrogens is 474 g/mol. The molecule has 180 valence electrons. The smallest absolute Gasteiger partial charge is 0.387 e. The molecule has 0 fully saturated rings. The summed E-state index contributed by atoms with van der Waals surface area (Å²) >= 11 is 5.92. The largest absolute Gasteiger partial charge is 0.481 e. The maximum atomic E-state index is 13.3. The van der Waals surface area contributed by atoms with Gasteiger partial charge in [-0.25, -0.2) is 19.1 Å². The van der Waals surface area contributed by atoms with Crippen LogP contribution in [0.2, 0.25) is 5.02 Å². The second-order valence-electron chi connectivity index (χ2n) is 8.01. The summed E-state index contributed by atoms with van der Waals surface area (Å²) in [5.74, 6) is -1.34. The van der Waals surface area contributed by atoms with E-state index in [4.69, 9.17) is 11.6 Å². The number of nitrogens with one attached hydrogen (secondary N) is 1. The third-order valence-corrected chi connectivity index (χ3v) is 5.10. The zero-order chi connectivity index (χ0) is 25.0. The van der Waals surface area contributed by atoms with Gasteiger partial charge in [0.2, 0.25) is 5.62 Å². The summed E-state index contributed by atoms with van der Waals surface area (Å²) in [5, 5.41) is 9.90. The topological polar surface area (TPSA) is 119 Å². The molecule has 0 atom stereocenters. The third-order valence-electron chi connectivity index (χ3n) is 4.85. The van der Waals surface area contributed by atoms with Crippen molar-refractivity contribution in [2.75, 3.05) is 0 Å². The fourth-order valence-electron chi connectivity index (χ4n) is 3.01. The first-order valence-corrected chi connectivity index (χ1v) is 10.4. The van der Waals surface area contributed by atoms with Crippen LogP contribution < -0.4 is 21.7 Å². The maximum absolute atomic E-state index is 13.3. The number of hydrogen-bond acceptors (Lipinski definition) is 5. The van der Waals surface area contributed by atoms with E-state index in [1.807, 2.05) is 0 Å². The van der Waals surface area contributed by atoms with Gasteiger partial charge >= 0.3 is 24.0 Å². The van der Waals surface area contributed by atoms with Crippen LogP contribution in [-0.2, 0) is 17.9 Å². The summed E-state index contributed by atoms with van der Waals surface area (Å²) < 4.78 is 31.4. The van der Waals surface area contributed by atoms with E-state index in [2.05, 4.69) is 14.7 Å². The summed E-state index contributed by atoms with van der Waals surface area (Å²) in [6.07, 6.45) is 0. The fourth-order valence-corrected chi connectivity index (χ4v) is 3.14. The molecule has 34 heavy (non-hydrogen) atoms. The number of ether oxygens (including phenoxy) is 1. The minimum atomic E-state index is -3.04. The molecule has 0 spiro atoms. The Kier molecular flexibility index (Phi) is 7.35. The number of aromatic nitrogens is 3. The lowest BCUT2D eigenvalue weighted by molar-refractivity contribution is -0.147. The Labute approximate surface area is 196 Å². The van der Waals surface area contributed by atoms with Crippen molar-refractivity contribution in [1.29, 1.82) is 0 Å². The van der Waals surface area contributed by atoms with Gasteiger partial charge in [0.15, 0.2) is 0 Å². The third kappa shape index (κ3) is 5.98. The lowest BCUT2D eigenvalue weighted by Gasteiger charge is -2.20. The summed E-state index contributed by atoms with van der Waals surface area (Å²) in [4.78, 5) is 44.3. The molecule has 1 heterocycles. The monoisotopic (exact) mass is 494 g/mol. The first-order chi connectivity index (χ1) is 16.0. The van der Waals surface area contributed by atoms with Crippen molar-refractivity contribution in [3.8, 4) is 5.75 Å². The lowest BCUT2D eigenvalue weighted by atomic mass is 9.94. The minimum absolute atomic E-state index is 0.0354. The standard InChI is InChI=1S/C22H21ClF2N4O5/c1-22(2,17(30)31)12-29-20(32)27-19(26-15-4-3-5-16(10-15)34-18(24)25)28(21(29)33)11-13-6-8-14(23)9-7-13/h3-10,18H,11-12H2,1-2H3,(H,30,31)(H,26,27,32). The van der Waals surface area contributed by atoms with E-state index >= 15 is 0 Å². The number of halogens is 3. The van der Waals surface area contributed by atoms with Gasteiger partial charge in [0.25, 0.3) is 0 Å². The normalized spacial score (nSPS) is 12.2. The highest BCUT2D eigenvalue weighted by Crippen LogP contribution is 2.21. The quantitative estimate of drug-likeness (QED) is 0.499. The van der Waals surface area contributed by atoms with E-state index in [0.29, 0.717) is 10.6 Å². The van der Waals surface area contributed by atoms with Gasteiger partial charge in [0, 0.05) is 17.6 Å². The zero-order valence-electron chi connectivity index (χ0n) is 18.2. The van der Waals surface area contributed by atoms with Crippen LogP contribution in [-0.4, -0.2) is 31.8 Å². The molecule has 0 aliphatic heterocycles. The number of carboxylic acid groups (broad SMARTS) is 1. The summed E-state index contributed by atoms with van der Waals surface area (Å²) in [6, 6.07) is 12.0. The number of alkyl halides is 2. The van der Waals surface area contributed by atoms with Crippen LogP contribution >= 0.6 is 11.6 Å². The Bertz CT molecular complexity index is 1380. The molecule has 12 heteroatoms. The van der Waals surface area contributed by atoms with Crippen LogP contribution in [0.3, 0.4) is 0 Å². The number of H-pyrrole nitrogens is 1. The highest BCUT2D eigenvalue weighted by atomic mass is 35.5. The second kappa shape index (κ2) is 10.0. The predicted octanol–water partition coefficient (Wildman–Crippen LogP) is 2.98. The average molecular weight is 495 g/mol. The van der Waals surface area contributed by atoms with Gasteiger partial charge in [-0.2, -0.15) is 8.78 Å².